The number of nitrogens with zero attached hydrogens (tertiary/aromatic N) is 1. The zero-order valence-electron chi connectivity index (χ0n) is 10.2. The highest BCUT2D eigenvalue weighted by Gasteiger charge is 2.22. The summed E-state index contributed by atoms with van der Waals surface area (Å²) in [6.45, 7) is 4.16. The lowest BCUT2D eigenvalue weighted by atomic mass is 10.1. The van der Waals surface area contributed by atoms with E-state index < -0.39 is 11.6 Å². The first-order valence-electron chi connectivity index (χ1n) is 6.02. The summed E-state index contributed by atoms with van der Waals surface area (Å²) in [6, 6.07) is 3.72. The van der Waals surface area contributed by atoms with Crippen LogP contribution in [0.25, 0.3) is 0 Å². The first-order valence-corrected chi connectivity index (χ1v) is 6.02. The average molecular weight is 254 g/mol. The predicted molar refractivity (Wildman–Crippen MR) is 64.1 cm³/mol. The Balaban J connectivity index is 2.04. The molecule has 1 atom stereocenters. The van der Waals surface area contributed by atoms with Crippen molar-refractivity contribution in [3.05, 3.63) is 35.4 Å². The number of carbonyl (C=O) groups excluding carboxylic acids is 1. The largest absolute Gasteiger partial charge is 0.337 e. The Kier molecular flexibility index (Phi) is 3.91. The molecule has 1 heterocycles. The van der Waals surface area contributed by atoms with Crippen LogP contribution in [0.15, 0.2) is 18.2 Å². The van der Waals surface area contributed by atoms with Crippen molar-refractivity contribution < 1.29 is 13.6 Å². The van der Waals surface area contributed by atoms with Crippen molar-refractivity contribution in [1.29, 1.82) is 0 Å². The van der Waals surface area contributed by atoms with E-state index in [9.17, 15) is 13.6 Å². The SMILES string of the molecule is CC1CNCCN1C(=O)Cc1ccc(F)c(F)c1. The quantitative estimate of drug-likeness (QED) is 0.863. The summed E-state index contributed by atoms with van der Waals surface area (Å²) in [5.74, 6) is -1.84. The molecule has 0 aromatic heterocycles. The third kappa shape index (κ3) is 2.85. The minimum atomic E-state index is -0.909. The summed E-state index contributed by atoms with van der Waals surface area (Å²) in [5, 5.41) is 3.20. The molecule has 3 nitrogen and oxygen atoms in total. The Morgan fingerprint density at radius 1 is 1.44 bits per heavy atom. The van der Waals surface area contributed by atoms with E-state index in [1.165, 1.54) is 6.07 Å². The molecular formula is C13H16F2N2O. The highest BCUT2D eigenvalue weighted by molar-refractivity contribution is 5.79. The Morgan fingerprint density at radius 3 is 2.89 bits per heavy atom. The summed E-state index contributed by atoms with van der Waals surface area (Å²) in [6.07, 6.45) is 0.113. The van der Waals surface area contributed by atoms with Gasteiger partial charge in [-0.15, -0.1) is 0 Å². The second kappa shape index (κ2) is 5.44. The second-order valence-corrected chi connectivity index (χ2v) is 4.57. The molecule has 5 heteroatoms. The molecule has 1 unspecified atom stereocenters. The first kappa shape index (κ1) is 13.0. The van der Waals surface area contributed by atoms with Gasteiger partial charge in [-0.3, -0.25) is 4.79 Å². The molecule has 1 aliphatic heterocycles. The molecule has 0 bridgehead atoms. The van der Waals surface area contributed by atoms with Crippen molar-refractivity contribution in [2.24, 2.45) is 0 Å². The Bertz CT molecular complexity index is 451. The number of amides is 1. The van der Waals surface area contributed by atoms with Crippen molar-refractivity contribution in [2.75, 3.05) is 19.6 Å². The molecule has 0 aliphatic carbocycles. The molecule has 1 amide bonds. The van der Waals surface area contributed by atoms with Crippen molar-refractivity contribution in [2.45, 2.75) is 19.4 Å². The maximum Gasteiger partial charge on any atom is 0.227 e. The van der Waals surface area contributed by atoms with Gasteiger partial charge >= 0.3 is 0 Å². The molecule has 1 aliphatic rings. The van der Waals surface area contributed by atoms with E-state index in [4.69, 9.17) is 0 Å². The second-order valence-electron chi connectivity index (χ2n) is 4.57. The Labute approximate surface area is 105 Å². The normalized spacial score (nSPS) is 19.9. The molecule has 1 saturated heterocycles. The van der Waals surface area contributed by atoms with Gasteiger partial charge in [-0.1, -0.05) is 6.07 Å². The van der Waals surface area contributed by atoms with Crippen LogP contribution >= 0.6 is 0 Å². The Hall–Kier alpha value is -1.49. The van der Waals surface area contributed by atoms with Crippen LogP contribution in [0.4, 0.5) is 8.78 Å². The minimum absolute atomic E-state index is 0.0463. The smallest absolute Gasteiger partial charge is 0.227 e. The standard InChI is InChI=1S/C13H16F2N2O/c1-9-8-16-4-5-17(9)13(18)7-10-2-3-11(14)12(15)6-10/h2-3,6,9,16H,4-5,7-8H2,1H3. The van der Waals surface area contributed by atoms with Crippen LogP contribution in [0.1, 0.15) is 12.5 Å². The van der Waals surface area contributed by atoms with Crippen LogP contribution in [0, 0.1) is 11.6 Å². The summed E-state index contributed by atoms with van der Waals surface area (Å²) in [5.41, 5.74) is 0.504. The van der Waals surface area contributed by atoms with Gasteiger partial charge in [-0.25, -0.2) is 8.78 Å². The first-order chi connectivity index (χ1) is 8.58. The van der Waals surface area contributed by atoms with E-state index in [0.717, 1.165) is 25.2 Å². The molecule has 18 heavy (non-hydrogen) atoms. The van der Waals surface area contributed by atoms with E-state index in [1.807, 2.05) is 6.92 Å². The van der Waals surface area contributed by atoms with Gasteiger partial charge in [0.25, 0.3) is 0 Å². The molecule has 1 fully saturated rings. The molecule has 0 radical (unpaired) electrons. The molecule has 0 spiro atoms. The van der Waals surface area contributed by atoms with Gasteiger partial charge in [-0.05, 0) is 24.6 Å². The fourth-order valence-corrected chi connectivity index (χ4v) is 2.14. The minimum Gasteiger partial charge on any atom is -0.337 e. The molecule has 98 valence electrons. The molecule has 1 aromatic rings. The van der Waals surface area contributed by atoms with E-state index in [2.05, 4.69) is 5.32 Å². The van der Waals surface area contributed by atoms with Crippen molar-refractivity contribution >= 4 is 5.91 Å². The zero-order chi connectivity index (χ0) is 13.1. The number of hydrogen-bond donors (Lipinski definition) is 1. The lowest BCUT2D eigenvalue weighted by molar-refractivity contribution is -0.133. The molecule has 1 N–H and O–H groups in total. The van der Waals surface area contributed by atoms with Gasteiger partial charge in [0.2, 0.25) is 5.91 Å². The molecule has 1 aromatic carbocycles. The van der Waals surface area contributed by atoms with E-state index in [0.29, 0.717) is 12.1 Å². The molecule has 0 saturated carbocycles. The number of nitrogens with one attached hydrogen (secondary N) is 1. The van der Waals surface area contributed by atoms with Crippen molar-refractivity contribution in [3.63, 3.8) is 0 Å². The maximum atomic E-state index is 13.0. The predicted octanol–water partition coefficient (Wildman–Crippen LogP) is 1.33. The molecule has 2 rings (SSSR count). The summed E-state index contributed by atoms with van der Waals surface area (Å²) in [4.78, 5) is 13.8. The fourth-order valence-electron chi connectivity index (χ4n) is 2.14. The van der Waals surface area contributed by atoms with Crippen LogP contribution < -0.4 is 5.32 Å². The van der Waals surface area contributed by atoms with Crippen LogP contribution in [0.5, 0.6) is 0 Å². The number of carbonyl (C=O) groups is 1. The lowest BCUT2D eigenvalue weighted by Crippen LogP contribution is -2.52. The van der Waals surface area contributed by atoms with Gasteiger partial charge < -0.3 is 10.2 Å². The monoisotopic (exact) mass is 254 g/mol. The summed E-state index contributed by atoms with van der Waals surface area (Å²) < 4.78 is 25.8. The number of hydrogen-bond acceptors (Lipinski definition) is 2. The van der Waals surface area contributed by atoms with Crippen molar-refractivity contribution in [3.8, 4) is 0 Å². The fraction of sp³-hybridized carbons (Fsp3) is 0.462. The highest BCUT2D eigenvalue weighted by Crippen LogP contribution is 2.12. The van der Waals surface area contributed by atoms with Gasteiger partial charge in [0.05, 0.1) is 6.42 Å². The van der Waals surface area contributed by atoms with Gasteiger partial charge in [0.1, 0.15) is 0 Å². The van der Waals surface area contributed by atoms with E-state index in [1.54, 1.807) is 4.90 Å². The number of halogens is 2. The Morgan fingerprint density at radius 2 is 2.22 bits per heavy atom. The zero-order valence-corrected chi connectivity index (χ0v) is 10.2. The third-order valence-corrected chi connectivity index (χ3v) is 3.16. The summed E-state index contributed by atoms with van der Waals surface area (Å²) in [7, 11) is 0. The van der Waals surface area contributed by atoms with Crippen LogP contribution in [0.3, 0.4) is 0 Å². The number of benzene rings is 1. The van der Waals surface area contributed by atoms with Crippen molar-refractivity contribution in [1.82, 2.24) is 10.2 Å². The topological polar surface area (TPSA) is 32.3 Å². The third-order valence-electron chi connectivity index (χ3n) is 3.16. The van der Waals surface area contributed by atoms with Gasteiger partial charge in [0, 0.05) is 25.7 Å². The average Bonchev–Trinajstić information content (AvgIpc) is 2.34. The van der Waals surface area contributed by atoms with E-state index in [-0.39, 0.29) is 18.4 Å². The van der Waals surface area contributed by atoms with Gasteiger partial charge in [0.15, 0.2) is 11.6 Å². The maximum absolute atomic E-state index is 13.0. The van der Waals surface area contributed by atoms with E-state index >= 15 is 0 Å². The lowest BCUT2D eigenvalue weighted by Gasteiger charge is -2.34. The van der Waals surface area contributed by atoms with Gasteiger partial charge in [-0.2, -0.15) is 0 Å². The summed E-state index contributed by atoms with van der Waals surface area (Å²) >= 11 is 0. The number of piperazine rings is 1. The highest BCUT2D eigenvalue weighted by atomic mass is 19.2. The van der Waals surface area contributed by atoms with Crippen LogP contribution in [-0.2, 0) is 11.2 Å². The number of rotatable bonds is 2. The van der Waals surface area contributed by atoms with Crippen LogP contribution in [0.2, 0.25) is 0 Å². The molecular weight excluding hydrogens is 238 g/mol. The van der Waals surface area contributed by atoms with Crippen LogP contribution in [-0.4, -0.2) is 36.5 Å².